The van der Waals surface area contributed by atoms with Gasteiger partial charge in [0.1, 0.15) is 5.69 Å². The Morgan fingerprint density at radius 2 is 1.83 bits per heavy atom. The van der Waals surface area contributed by atoms with Gasteiger partial charge in [0.05, 0.1) is 11.9 Å². The maximum absolute atomic E-state index is 13.5. The molecule has 0 radical (unpaired) electrons. The zero-order chi connectivity index (χ0) is 13.1. The normalized spacial score (nSPS) is 10.9. The predicted molar refractivity (Wildman–Crippen MR) is 58.6 cm³/mol. The van der Waals surface area contributed by atoms with Gasteiger partial charge in [0.25, 0.3) is 0 Å². The highest BCUT2D eigenvalue weighted by atomic mass is 19.2. The molecule has 0 spiro atoms. The van der Waals surface area contributed by atoms with Crippen LogP contribution in [0.25, 0.3) is 5.69 Å². The maximum atomic E-state index is 13.5. The molecule has 0 saturated heterocycles. The van der Waals surface area contributed by atoms with E-state index in [2.05, 4.69) is 10.3 Å². The molecule has 1 aromatic heterocycles. The van der Waals surface area contributed by atoms with Gasteiger partial charge in [-0.2, -0.15) is 0 Å². The van der Waals surface area contributed by atoms with Crippen molar-refractivity contribution in [2.45, 2.75) is 12.8 Å². The summed E-state index contributed by atoms with van der Waals surface area (Å²) in [6.07, 6.45) is 2.78. The molecule has 18 heavy (non-hydrogen) atoms. The number of hydrogen-bond acceptors (Lipinski definition) is 3. The number of hydrogen-bond donors (Lipinski definition) is 1. The Morgan fingerprint density at radius 1 is 1.11 bits per heavy atom. The van der Waals surface area contributed by atoms with Crippen LogP contribution in [0, 0.1) is 17.5 Å². The van der Waals surface area contributed by atoms with Crippen molar-refractivity contribution in [3.8, 4) is 5.69 Å². The second-order valence-electron chi connectivity index (χ2n) is 3.76. The van der Waals surface area contributed by atoms with Crippen molar-refractivity contribution < 1.29 is 13.2 Å². The molecule has 0 fully saturated rings. The monoisotopic (exact) mass is 256 g/mol. The Morgan fingerprint density at radius 3 is 2.56 bits per heavy atom. The SMILES string of the molecule is NCCCc1cn(-c2cc(F)c(F)cc2F)nn1. The molecule has 1 aromatic carbocycles. The molecule has 0 bridgehead atoms. The summed E-state index contributed by atoms with van der Waals surface area (Å²) in [7, 11) is 0. The van der Waals surface area contributed by atoms with E-state index in [1.165, 1.54) is 6.20 Å². The van der Waals surface area contributed by atoms with Crippen LogP contribution >= 0.6 is 0 Å². The number of nitrogens with two attached hydrogens (primary N) is 1. The molecule has 96 valence electrons. The second-order valence-corrected chi connectivity index (χ2v) is 3.76. The summed E-state index contributed by atoms with van der Waals surface area (Å²) in [5.74, 6) is -3.27. The van der Waals surface area contributed by atoms with Crippen molar-refractivity contribution in [1.82, 2.24) is 15.0 Å². The zero-order valence-electron chi connectivity index (χ0n) is 9.41. The van der Waals surface area contributed by atoms with Crippen molar-refractivity contribution in [3.63, 3.8) is 0 Å². The van der Waals surface area contributed by atoms with E-state index in [0.29, 0.717) is 24.7 Å². The van der Waals surface area contributed by atoms with Crippen molar-refractivity contribution in [1.29, 1.82) is 0 Å². The van der Waals surface area contributed by atoms with Gasteiger partial charge in [-0.1, -0.05) is 5.21 Å². The quantitative estimate of drug-likeness (QED) is 0.845. The summed E-state index contributed by atoms with van der Waals surface area (Å²) in [6, 6.07) is 1.22. The van der Waals surface area contributed by atoms with Gasteiger partial charge in [-0.3, -0.25) is 0 Å². The van der Waals surface area contributed by atoms with Crippen LogP contribution in [0.5, 0.6) is 0 Å². The third kappa shape index (κ3) is 2.51. The molecule has 2 aromatic rings. The first-order valence-electron chi connectivity index (χ1n) is 5.38. The average molecular weight is 256 g/mol. The topological polar surface area (TPSA) is 56.7 Å². The molecular weight excluding hydrogens is 245 g/mol. The largest absolute Gasteiger partial charge is 0.330 e. The van der Waals surface area contributed by atoms with E-state index in [0.717, 1.165) is 17.2 Å². The van der Waals surface area contributed by atoms with Gasteiger partial charge in [0.15, 0.2) is 17.5 Å². The molecular formula is C11H11F3N4. The number of halogens is 3. The average Bonchev–Trinajstić information content (AvgIpc) is 2.79. The molecule has 0 unspecified atom stereocenters. The lowest BCUT2D eigenvalue weighted by molar-refractivity contribution is 0.491. The van der Waals surface area contributed by atoms with E-state index >= 15 is 0 Å². The Bertz CT molecular complexity index is 553. The summed E-state index contributed by atoms with van der Waals surface area (Å²) in [5, 5.41) is 7.47. The van der Waals surface area contributed by atoms with E-state index in [9.17, 15) is 13.2 Å². The highest BCUT2D eigenvalue weighted by Gasteiger charge is 2.12. The van der Waals surface area contributed by atoms with Gasteiger partial charge < -0.3 is 5.73 Å². The number of nitrogens with zero attached hydrogens (tertiary/aromatic N) is 3. The first-order chi connectivity index (χ1) is 8.61. The lowest BCUT2D eigenvalue weighted by Gasteiger charge is -2.02. The zero-order valence-corrected chi connectivity index (χ0v) is 9.41. The van der Waals surface area contributed by atoms with Crippen LogP contribution in [0.1, 0.15) is 12.1 Å². The second kappa shape index (κ2) is 5.18. The van der Waals surface area contributed by atoms with Crippen LogP contribution in [0.2, 0.25) is 0 Å². The first-order valence-corrected chi connectivity index (χ1v) is 5.38. The van der Waals surface area contributed by atoms with Gasteiger partial charge in [0, 0.05) is 12.1 Å². The van der Waals surface area contributed by atoms with Crippen LogP contribution in [0.3, 0.4) is 0 Å². The first kappa shape index (κ1) is 12.6. The van der Waals surface area contributed by atoms with E-state index in [1.54, 1.807) is 0 Å². The molecule has 0 amide bonds. The van der Waals surface area contributed by atoms with Crippen LogP contribution in [-0.2, 0) is 6.42 Å². The Kier molecular flexibility index (Phi) is 3.61. The minimum absolute atomic E-state index is 0.180. The van der Waals surface area contributed by atoms with E-state index in [4.69, 9.17) is 5.73 Å². The van der Waals surface area contributed by atoms with Crippen molar-refractivity contribution in [2.75, 3.05) is 6.54 Å². The Labute approximate surface area is 101 Å². The fourth-order valence-corrected chi connectivity index (χ4v) is 1.50. The fraction of sp³-hybridized carbons (Fsp3) is 0.273. The highest BCUT2D eigenvalue weighted by molar-refractivity contribution is 5.33. The number of aromatic nitrogens is 3. The van der Waals surface area contributed by atoms with Gasteiger partial charge >= 0.3 is 0 Å². The van der Waals surface area contributed by atoms with Gasteiger partial charge in [-0.15, -0.1) is 5.10 Å². The van der Waals surface area contributed by atoms with E-state index < -0.39 is 17.5 Å². The molecule has 4 nitrogen and oxygen atoms in total. The summed E-state index contributed by atoms with van der Waals surface area (Å²) in [6.45, 7) is 0.506. The molecule has 1 heterocycles. The fourth-order valence-electron chi connectivity index (χ4n) is 1.50. The van der Waals surface area contributed by atoms with Gasteiger partial charge in [-0.25, -0.2) is 17.9 Å². The van der Waals surface area contributed by atoms with Crippen molar-refractivity contribution >= 4 is 0 Å². The van der Waals surface area contributed by atoms with Crippen molar-refractivity contribution in [2.24, 2.45) is 5.73 Å². The minimum Gasteiger partial charge on any atom is -0.330 e. The van der Waals surface area contributed by atoms with Crippen LogP contribution in [-0.4, -0.2) is 21.5 Å². The molecule has 0 aliphatic rings. The molecule has 2 N–H and O–H groups in total. The molecule has 0 atom stereocenters. The smallest absolute Gasteiger partial charge is 0.161 e. The molecule has 7 heteroatoms. The summed E-state index contributed by atoms with van der Waals surface area (Å²) in [5.41, 5.74) is 5.78. The molecule has 0 saturated carbocycles. The highest BCUT2D eigenvalue weighted by Crippen LogP contribution is 2.17. The molecule has 2 rings (SSSR count). The van der Waals surface area contributed by atoms with Crippen LogP contribution in [0.15, 0.2) is 18.3 Å². The Balaban J connectivity index is 2.31. The third-order valence-corrected chi connectivity index (χ3v) is 2.41. The molecule has 0 aliphatic carbocycles. The standard InChI is InChI=1S/C11H11F3N4/c12-8-4-10(14)11(5-9(8)13)18-6-7(16-17-18)2-1-3-15/h4-6H,1-3,15H2. The maximum Gasteiger partial charge on any atom is 0.161 e. The summed E-state index contributed by atoms with van der Waals surface area (Å²) in [4.78, 5) is 0. The number of benzene rings is 1. The van der Waals surface area contributed by atoms with Crippen molar-refractivity contribution in [3.05, 3.63) is 41.5 Å². The predicted octanol–water partition coefficient (Wildman–Crippen LogP) is 1.58. The van der Waals surface area contributed by atoms with E-state index in [1.807, 2.05) is 0 Å². The number of aryl methyl sites for hydroxylation is 1. The summed E-state index contributed by atoms with van der Waals surface area (Å²) >= 11 is 0. The van der Waals surface area contributed by atoms with E-state index in [-0.39, 0.29) is 5.69 Å². The van der Waals surface area contributed by atoms with Crippen LogP contribution < -0.4 is 5.73 Å². The van der Waals surface area contributed by atoms with Gasteiger partial charge in [0.2, 0.25) is 0 Å². The lowest BCUT2D eigenvalue weighted by atomic mass is 10.2. The summed E-state index contributed by atoms with van der Waals surface area (Å²) < 4.78 is 40.3. The Hall–Kier alpha value is -1.89. The van der Waals surface area contributed by atoms with Crippen LogP contribution in [0.4, 0.5) is 13.2 Å². The third-order valence-electron chi connectivity index (χ3n) is 2.41. The molecule has 0 aliphatic heterocycles. The lowest BCUT2D eigenvalue weighted by Crippen LogP contribution is -2.01. The van der Waals surface area contributed by atoms with Gasteiger partial charge in [-0.05, 0) is 19.4 Å². The minimum atomic E-state index is -1.24. The number of rotatable bonds is 4.